The van der Waals surface area contributed by atoms with Crippen LogP contribution in [0.2, 0.25) is 0 Å². The van der Waals surface area contributed by atoms with E-state index >= 15 is 0 Å². The first kappa shape index (κ1) is 18.8. The van der Waals surface area contributed by atoms with E-state index in [0.717, 1.165) is 35.3 Å². The van der Waals surface area contributed by atoms with Crippen LogP contribution < -0.4 is 10.2 Å². The molecule has 3 heterocycles. The summed E-state index contributed by atoms with van der Waals surface area (Å²) in [5, 5.41) is 10.5. The van der Waals surface area contributed by atoms with Crippen LogP contribution in [0.15, 0.2) is 58.6 Å². The normalized spacial score (nSPS) is 15.6. The second-order valence-corrected chi connectivity index (χ2v) is 7.88. The van der Waals surface area contributed by atoms with Crippen LogP contribution in [0.4, 0.5) is 0 Å². The van der Waals surface area contributed by atoms with Gasteiger partial charge in [-0.05, 0) is 29.8 Å². The number of hydrogen-bond acceptors (Lipinski definition) is 5. The summed E-state index contributed by atoms with van der Waals surface area (Å²) in [6.07, 6.45) is 5.66. The van der Waals surface area contributed by atoms with Crippen molar-refractivity contribution in [1.29, 1.82) is 0 Å². The number of nitrogens with zero attached hydrogens (tertiary/aromatic N) is 2. The molecule has 0 spiro atoms. The lowest BCUT2D eigenvalue weighted by Gasteiger charge is -2.23. The molecule has 1 saturated heterocycles. The number of aromatic nitrogens is 3. The molecule has 1 amide bonds. The molecule has 3 N–H and O–H groups in total. The summed E-state index contributed by atoms with van der Waals surface area (Å²) in [6, 6.07) is 11.8. The number of hydrogen-bond donors (Lipinski definition) is 3. The number of nitrogens with one attached hydrogen (secondary N) is 3. The van der Waals surface area contributed by atoms with Gasteiger partial charge in [0.1, 0.15) is 6.33 Å². The van der Waals surface area contributed by atoms with Crippen LogP contribution in [0.1, 0.15) is 40.6 Å². The van der Waals surface area contributed by atoms with Crippen LogP contribution in [0.5, 0.6) is 0 Å². The molecule has 2 aromatic heterocycles. The van der Waals surface area contributed by atoms with Gasteiger partial charge < -0.3 is 14.6 Å². The summed E-state index contributed by atoms with van der Waals surface area (Å²) < 4.78 is 5.63. The quantitative estimate of drug-likeness (QED) is 0.504. The summed E-state index contributed by atoms with van der Waals surface area (Å²) in [6.45, 7) is 2.82. The first-order valence-corrected chi connectivity index (χ1v) is 10.5. The minimum atomic E-state index is -0.0513. The van der Waals surface area contributed by atoms with E-state index in [0.29, 0.717) is 12.1 Å². The molecular weight excluding hydrogens is 374 g/mol. The van der Waals surface area contributed by atoms with Crippen LogP contribution in [-0.2, 0) is 5.75 Å². The third-order valence-corrected chi connectivity index (χ3v) is 6.02. The maximum atomic E-state index is 12.6. The SMILES string of the molecule is O=C(NC[C@@H](c1ccco1)[NH+]1CCCC1)c1ccc(CSc2ncn[nH]2)cc1. The maximum absolute atomic E-state index is 12.6. The summed E-state index contributed by atoms with van der Waals surface area (Å²) in [5.74, 6) is 1.66. The average molecular weight is 399 g/mol. The summed E-state index contributed by atoms with van der Waals surface area (Å²) >= 11 is 1.58. The van der Waals surface area contributed by atoms with Gasteiger partial charge in [-0.15, -0.1) is 0 Å². The van der Waals surface area contributed by atoms with Crippen molar-refractivity contribution in [1.82, 2.24) is 20.5 Å². The fourth-order valence-electron chi connectivity index (χ4n) is 3.58. The van der Waals surface area contributed by atoms with Crippen LogP contribution in [0.25, 0.3) is 0 Å². The van der Waals surface area contributed by atoms with Crippen molar-refractivity contribution in [2.45, 2.75) is 29.8 Å². The lowest BCUT2D eigenvalue weighted by atomic mass is 10.1. The Morgan fingerprint density at radius 3 is 2.75 bits per heavy atom. The van der Waals surface area contributed by atoms with Crippen LogP contribution in [0, 0.1) is 0 Å². The number of thioether (sulfide) groups is 1. The van der Waals surface area contributed by atoms with Gasteiger partial charge in [0, 0.05) is 24.2 Å². The standard InChI is InChI=1S/C20H23N5O2S/c26-19(16-7-5-15(6-8-16)13-28-20-22-14-23-24-20)21-12-17(18-4-3-11-27-18)25-9-1-2-10-25/h3-8,11,14,17H,1-2,9-10,12-13H2,(H,21,26)(H,22,23,24)/p+1/t17-/m0/s1. The fourth-order valence-corrected chi connectivity index (χ4v) is 4.31. The van der Waals surface area contributed by atoms with E-state index in [4.69, 9.17) is 4.42 Å². The van der Waals surface area contributed by atoms with Gasteiger partial charge in [-0.2, -0.15) is 5.10 Å². The highest BCUT2D eigenvalue weighted by molar-refractivity contribution is 7.98. The molecular formula is C20H24N5O2S+. The molecule has 28 heavy (non-hydrogen) atoms. The first-order valence-electron chi connectivity index (χ1n) is 9.53. The van der Waals surface area contributed by atoms with E-state index in [9.17, 15) is 4.79 Å². The molecule has 1 aliphatic heterocycles. The second kappa shape index (κ2) is 9.07. The van der Waals surface area contributed by atoms with Crippen molar-refractivity contribution in [2.75, 3.05) is 19.6 Å². The van der Waals surface area contributed by atoms with Gasteiger partial charge in [-0.25, -0.2) is 4.98 Å². The van der Waals surface area contributed by atoms with E-state index in [-0.39, 0.29) is 11.9 Å². The van der Waals surface area contributed by atoms with Crippen molar-refractivity contribution in [3.63, 3.8) is 0 Å². The first-order chi connectivity index (χ1) is 13.8. The van der Waals surface area contributed by atoms with Gasteiger partial charge in [0.2, 0.25) is 0 Å². The predicted molar refractivity (Wildman–Crippen MR) is 106 cm³/mol. The Kier molecular flexibility index (Phi) is 6.08. The molecule has 1 fully saturated rings. The smallest absolute Gasteiger partial charge is 0.251 e. The van der Waals surface area contributed by atoms with E-state index in [1.807, 2.05) is 36.4 Å². The predicted octanol–water partition coefficient (Wildman–Crippen LogP) is 1.84. The third kappa shape index (κ3) is 4.63. The Hall–Kier alpha value is -2.58. The highest BCUT2D eigenvalue weighted by Gasteiger charge is 2.29. The van der Waals surface area contributed by atoms with E-state index in [2.05, 4.69) is 20.5 Å². The Morgan fingerprint density at radius 1 is 1.25 bits per heavy atom. The largest absolute Gasteiger partial charge is 0.463 e. The van der Waals surface area contributed by atoms with Gasteiger partial charge in [0.15, 0.2) is 17.0 Å². The molecule has 3 aromatic rings. The Balaban J connectivity index is 1.33. The molecule has 1 aliphatic rings. The zero-order valence-corrected chi connectivity index (χ0v) is 16.4. The molecule has 7 nitrogen and oxygen atoms in total. The summed E-state index contributed by atoms with van der Waals surface area (Å²) in [4.78, 5) is 18.2. The number of rotatable bonds is 8. The molecule has 4 rings (SSSR count). The number of benzene rings is 1. The Labute approximate surface area is 167 Å². The van der Waals surface area contributed by atoms with Gasteiger partial charge in [0.25, 0.3) is 5.91 Å². The van der Waals surface area contributed by atoms with Gasteiger partial charge in [0.05, 0.1) is 25.9 Å². The number of carbonyl (C=O) groups is 1. The van der Waals surface area contributed by atoms with Gasteiger partial charge in [-0.3, -0.25) is 9.89 Å². The lowest BCUT2D eigenvalue weighted by Crippen LogP contribution is -3.11. The van der Waals surface area contributed by atoms with E-state index < -0.39 is 0 Å². The second-order valence-electron chi connectivity index (χ2n) is 6.92. The minimum absolute atomic E-state index is 0.0513. The van der Waals surface area contributed by atoms with Gasteiger partial charge >= 0.3 is 0 Å². The molecule has 1 atom stereocenters. The van der Waals surface area contributed by atoms with Crippen molar-refractivity contribution in [3.8, 4) is 0 Å². The van der Waals surface area contributed by atoms with Crippen molar-refractivity contribution >= 4 is 17.7 Å². The number of likely N-dealkylation sites (tertiary alicyclic amines) is 1. The molecule has 0 radical (unpaired) electrons. The molecule has 0 unspecified atom stereocenters. The zero-order valence-electron chi connectivity index (χ0n) is 15.6. The lowest BCUT2D eigenvalue weighted by molar-refractivity contribution is -0.919. The molecule has 8 heteroatoms. The highest BCUT2D eigenvalue weighted by Crippen LogP contribution is 2.18. The van der Waals surface area contributed by atoms with Gasteiger partial charge in [-0.1, -0.05) is 23.9 Å². The van der Waals surface area contributed by atoms with Crippen molar-refractivity contribution in [3.05, 3.63) is 65.9 Å². The Bertz CT molecular complexity index is 859. The number of amides is 1. The maximum Gasteiger partial charge on any atom is 0.251 e. The van der Waals surface area contributed by atoms with Crippen molar-refractivity contribution in [2.24, 2.45) is 0 Å². The number of carbonyl (C=O) groups excluding carboxylic acids is 1. The van der Waals surface area contributed by atoms with Crippen LogP contribution in [0.3, 0.4) is 0 Å². The van der Waals surface area contributed by atoms with E-state index in [1.54, 1.807) is 18.0 Å². The fraction of sp³-hybridized carbons (Fsp3) is 0.350. The topological polar surface area (TPSA) is 88.2 Å². The number of quaternary nitrogens is 1. The molecule has 0 bridgehead atoms. The molecule has 1 aromatic carbocycles. The monoisotopic (exact) mass is 398 g/mol. The minimum Gasteiger partial charge on any atom is -0.463 e. The van der Waals surface area contributed by atoms with Crippen LogP contribution >= 0.6 is 11.8 Å². The third-order valence-electron chi connectivity index (χ3n) is 5.08. The van der Waals surface area contributed by atoms with E-state index in [1.165, 1.54) is 24.1 Å². The molecule has 146 valence electrons. The summed E-state index contributed by atoms with van der Waals surface area (Å²) in [7, 11) is 0. The average Bonchev–Trinajstić information content (AvgIpc) is 3.51. The zero-order chi connectivity index (χ0) is 19.2. The number of furan rings is 1. The van der Waals surface area contributed by atoms with Crippen LogP contribution in [-0.4, -0.2) is 40.7 Å². The van der Waals surface area contributed by atoms with Crippen molar-refractivity contribution < 1.29 is 14.1 Å². The molecule has 0 saturated carbocycles. The summed E-state index contributed by atoms with van der Waals surface area (Å²) in [5.41, 5.74) is 1.80. The highest BCUT2D eigenvalue weighted by atomic mass is 32.2. The molecule has 0 aliphatic carbocycles. The number of aromatic amines is 1. The number of H-pyrrole nitrogens is 1. The Morgan fingerprint density at radius 2 is 2.07 bits per heavy atom.